The molecule has 0 aliphatic carbocycles. The van der Waals surface area contributed by atoms with Crippen LogP contribution >= 0.6 is 11.3 Å². The third kappa shape index (κ3) is 3.44. The lowest BCUT2D eigenvalue weighted by atomic mass is 9.94. The zero-order valence-electron chi connectivity index (χ0n) is 18.8. The molecule has 7 heteroatoms. The predicted molar refractivity (Wildman–Crippen MR) is 130 cm³/mol. The molecule has 5 heterocycles. The molecule has 2 aliphatic heterocycles. The molecule has 1 saturated heterocycles. The van der Waals surface area contributed by atoms with Crippen molar-refractivity contribution >= 4 is 27.4 Å². The van der Waals surface area contributed by atoms with E-state index in [0.29, 0.717) is 6.04 Å². The smallest absolute Gasteiger partial charge is 0.185 e. The van der Waals surface area contributed by atoms with Crippen molar-refractivity contribution in [3.05, 3.63) is 64.6 Å². The molecule has 6 nitrogen and oxygen atoms in total. The van der Waals surface area contributed by atoms with Gasteiger partial charge >= 0.3 is 0 Å². The van der Waals surface area contributed by atoms with Crippen molar-refractivity contribution in [2.24, 2.45) is 0 Å². The zero-order chi connectivity index (χ0) is 21.7. The second-order valence-corrected chi connectivity index (χ2v) is 10.4. The number of hydrogen-bond donors (Lipinski definition) is 1. The average Bonchev–Trinajstić information content (AvgIpc) is 3.59. The van der Waals surface area contributed by atoms with Gasteiger partial charge in [0.25, 0.3) is 0 Å². The van der Waals surface area contributed by atoms with Gasteiger partial charge in [0, 0.05) is 71.7 Å². The van der Waals surface area contributed by atoms with Crippen LogP contribution in [0.15, 0.2) is 42.9 Å². The number of nitrogens with zero attached hydrogens (tertiary/aromatic N) is 5. The molecular weight excluding hydrogens is 416 g/mol. The Kier molecular flexibility index (Phi) is 5.03. The summed E-state index contributed by atoms with van der Waals surface area (Å²) in [5.74, 6) is 0. The summed E-state index contributed by atoms with van der Waals surface area (Å²) >= 11 is 1.86. The number of nitrogens with one attached hydrogen (secondary N) is 1. The maximum absolute atomic E-state index is 4.76. The van der Waals surface area contributed by atoms with Gasteiger partial charge in [-0.25, -0.2) is 4.98 Å². The summed E-state index contributed by atoms with van der Waals surface area (Å²) in [7, 11) is 0. The molecule has 1 N–H and O–H groups in total. The van der Waals surface area contributed by atoms with Gasteiger partial charge in [-0.1, -0.05) is 18.2 Å². The van der Waals surface area contributed by atoms with E-state index in [0.717, 1.165) is 32.6 Å². The number of aromatic amines is 1. The number of hydrogen-bond acceptors (Lipinski definition) is 5. The minimum absolute atomic E-state index is 0.177. The highest BCUT2D eigenvalue weighted by atomic mass is 32.1. The number of rotatable bonds is 5. The van der Waals surface area contributed by atoms with Gasteiger partial charge < -0.3 is 9.88 Å². The second kappa shape index (κ2) is 8.05. The predicted octanol–water partition coefficient (Wildman–Crippen LogP) is 5.15. The number of thiazole rings is 1. The normalized spacial score (nSPS) is 19.3. The summed E-state index contributed by atoms with van der Waals surface area (Å²) in [5, 5.41) is 7.22. The molecule has 0 amide bonds. The van der Waals surface area contributed by atoms with E-state index in [1.165, 1.54) is 50.6 Å². The number of H-pyrrole nitrogens is 1. The minimum atomic E-state index is 0.177. The third-order valence-electron chi connectivity index (χ3n) is 6.88. The minimum Gasteiger partial charge on any atom is -0.357 e. The van der Waals surface area contributed by atoms with E-state index < -0.39 is 0 Å². The SMILES string of the molecule is CC(C)n1cc(C2c3[nH]c4ccccc4c3CCN2Cc2cnc(N3CCCC3)s2)cn1. The molecule has 0 saturated carbocycles. The number of fused-ring (bicyclic) bond motifs is 3. The van der Waals surface area contributed by atoms with Crippen molar-refractivity contribution < 1.29 is 0 Å². The van der Waals surface area contributed by atoms with E-state index in [2.05, 4.69) is 81.3 Å². The van der Waals surface area contributed by atoms with Crippen molar-refractivity contribution in [3.63, 3.8) is 0 Å². The summed E-state index contributed by atoms with van der Waals surface area (Å²) in [4.78, 5) is 14.9. The molecule has 1 unspecified atom stereocenters. The van der Waals surface area contributed by atoms with Crippen LogP contribution in [0, 0.1) is 0 Å². The Morgan fingerprint density at radius 2 is 1.97 bits per heavy atom. The number of anilines is 1. The van der Waals surface area contributed by atoms with Crippen LogP contribution in [0.2, 0.25) is 0 Å². The van der Waals surface area contributed by atoms with Crippen LogP contribution in [-0.2, 0) is 13.0 Å². The summed E-state index contributed by atoms with van der Waals surface area (Å²) in [6.45, 7) is 8.60. The van der Waals surface area contributed by atoms with Gasteiger partial charge in [0.15, 0.2) is 5.13 Å². The van der Waals surface area contributed by atoms with Gasteiger partial charge in [-0.15, -0.1) is 11.3 Å². The second-order valence-electron chi connectivity index (χ2n) is 9.34. The molecule has 166 valence electrons. The molecule has 0 bridgehead atoms. The van der Waals surface area contributed by atoms with Gasteiger partial charge in [-0.3, -0.25) is 9.58 Å². The fourth-order valence-electron chi connectivity index (χ4n) is 5.24. The molecule has 0 spiro atoms. The fourth-order valence-corrected chi connectivity index (χ4v) is 6.23. The molecular formula is C25H30N6S. The van der Waals surface area contributed by atoms with E-state index in [9.17, 15) is 0 Å². The highest BCUT2D eigenvalue weighted by Gasteiger charge is 2.33. The highest BCUT2D eigenvalue weighted by molar-refractivity contribution is 7.15. The zero-order valence-corrected chi connectivity index (χ0v) is 19.6. The summed E-state index contributed by atoms with van der Waals surface area (Å²) in [6.07, 6.45) is 10.0. The third-order valence-corrected chi connectivity index (χ3v) is 7.92. The molecule has 6 rings (SSSR count). The van der Waals surface area contributed by atoms with E-state index in [-0.39, 0.29) is 6.04 Å². The van der Waals surface area contributed by atoms with E-state index in [1.54, 1.807) is 0 Å². The van der Waals surface area contributed by atoms with Crippen LogP contribution in [0.5, 0.6) is 0 Å². The van der Waals surface area contributed by atoms with E-state index in [4.69, 9.17) is 4.98 Å². The van der Waals surface area contributed by atoms with Crippen molar-refractivity contribution in [3.8, 4) is 0 Å². The Labute approximate surface area is 192 Å². The lowest BCUT2D eigenvalue weighted by Gasteiger charge is -2.35. The largest absolute Gasteiger partial charge is 0.357 e. The summed E-state index contributed by atoms with van der Waals surface area (Å²) in [5.41, 5.74) is 5.27. The first kappa shape index (κ1) is 20.0. The number of benzene rings is 1. The van der Waals surface area contributed by atoms with Crippen LogP contribution in [-0.4, -0.2) is 44.3 Å². The highest BCUT2D eigenvalue weighted by Crippen LogP contribution is 2.40. The Bertz CT molecular complexity index is 1230. The van der Waals surface area contributed by atoms with Crippen molar-refractivity contribution in [2.45, 2.75) is 51.7 Å². The summed E-state index contributed by atoms with van der Waals surface area (Å²) in [6, 6.07) is 9.23. The van der Waals surface area contributed by atoms with Crippen LogP contribution in [0.4, 0.5) is 5.13 Å². The lowest BCUT2D eigenvalue weighted by molar-refractivity contribution is 0.203. The van der Waals surface area contributed by atoms with Crippen LogP contribution in [0.3, 0.4) is 0 Å². The molecule has 1 fully saturated rings. The topological polar surface area (TPSA) is 53.0 Å². The Balaban J connectivity index is 1.37. The van der Waals surface area contributed by atoms with E-state index >= 15 is 0 Å². The fraction of sp³-hybridized carbons (Fsp3) is 0.440. The number of aromatic nitrogens is 4. The van der Waals surface area contributed by atoms with Gasteiger partial charge in [-0.05, 0) is 44.7 Å². The van der Waals surface area contributed by atoms with E-state index in [1.807, 2.05) is 11.3 Å². The van der Waals surface area contributed by atoms with Crippen molar-refractivity contribution in [2.75, 3.05) is 24.5 Å². The maximum Gasteiger partial charge on any atom is 0.185 e. The monoisotopic (exact) mass is 446 g/mol. The standard InChI is InChI=1S/C25H30N6S/c1-17(2)31-15-18(13-27-31)24-23-21(20-7-3-4-8-22(20)28-23)9-12-30(24)16-19-14-26-25(32-19)29-10-5-6-11-29/h3-4,7-8,13-15,17,24,28H,5-6,9-12,16H2,1-2H3. The van der Waals surface area contributed by atoms with Gasteiger partial charge in [0.05, 0.1) is 12.2 Å². The lowest BCUT2D eigenvalue weighted by Crippen LogP contribution is -2.35. The van der Waals surface area contributed by atoms with Gasteiger partial charge in [-0.2, -0.15) is 5.10 Å². The quantitative estimate of drug-likeness (QED) is 0.461. The molecule has 3 aromatic heterocycles. The number of para-hydroxylation sites is 1. The van der Waals surface area contributed by atoms with Crippen LogP contribution in [0.1, 0.15) is 60.5 Å². The van der Waals surface area contributed by atoms with Gasteiger partial charge in [0.2, 0.25) is 0 Å². The molecule has 32 heavy (non-hydrogen) atoms. The molecule has 4 aromatic rings. The van der Waals surface area contributed by atoms with Gasteiger partial charge in [0.1, 0.15) is 0 Å². The Hall–Kier alpha value is -2.64. The Morgan fingerprint density at radius 1 is 1.12 bits per heavy atom. The van der Waals surface area contributed by atoms with Crippen LogP contribution in [0.25, 0.3) is 10.9 Å². The first-order chi connectivity index (χ1) is 15.7. The van der Waals surface area contributed by atoms with Crippen LogP contribution < -0.4 is 4.90 Å². The maximum atomic E-state index is 4.76. The molecule has 1 atom stereocenters. The molecule has 0 radical (unpaired) electrons. The van der Waals surface area contributed by atoms with Crippen molar-refractivity contribution in [1.82, 2.24) is 24.6 Å². The molecule has 2 aliphatic rings. The first-order valence-electron chi connectivity index (χ1n) is 11.7. The van der Waals surface area contributed by atoms with Crippen molar-refractivity contribution in [1.29, 1.82) is 0 Å². The Morgan fingerprint density at radius 3 is 2.78 bits per heavy atom. The molecule has 1 aromatic carbocycles. The first-order valence-corrected chi connectivity index (χ1v) is 12.6. The summed E-state index contributed by atoms with van der Waals surface area (Å²) < 4.78 is 2.07. The average molecular weight is 447 g/mol.